The fourth-order valence-corrected chi connectivity index (χ4v) is 2.65. The summed E-state index contributed by atoms with van der Waals surface area (Å²) in [6, 6.07) is 0. The number of thiazole rings is 1. The molecular weight excluding hydrogens is 249 g/mol. The van der Waals surface area contributed by atoms with Crippen LogP contribution < -0.4 is 10.3 Å². The molecule has 0 radical (unpaired) electrons. The molecule has 0 atom stereocenters. The van der Waals surface area contributed by atoms with E-state index in [0.717, 1.165) is 16.9 Å². The number of rotatable bonds is 3. The molecule has 1 aliphatic heterocycles. The molecule has 18 heavy (non-hydrogen) atoms. The Morgan fingerprint density at radius 3 is 2.22 bits per heavy atom. The van der Waals surface area contributed by atoms with E-state index in [-0.39, 0.29) is 11.2 Å². The molecule has 0 N–H and O–H groups in total. The highest BCUT2D eigenvalue weighted by Gasteiger charge is 2.53. The molecule has 2 heterocycles. The molecule has 100 valence electrons. The lowest BCUT2D eigenvalue weighted by Gasteiger charge is -2.32. The van der Waals surface area contributed by atoms with Crippen LogP contribution in [0.4, 0.5) is 0 Å². The van der Waals surface area contributed by atoms with Crippen molar-refractivity contribution in [3.05, 3.63) is 4.88 Å². The van der Waals surface area contributed by atoms with Crippen molar-refractivity contribution in [1.82, 2.24) is 4.98 Å². The molecule has 1 aliphatic rings. The number of aryl methyl sites for hydroxylation is 1. The topological polar surface area (TPSA) is 40.6 Å². The van der Waals surface area contributed by atoms with Crippen molar-refractivity contribution in [3.8, 4) is 5.19 Å². The second kappa shape index (κ2) is 4.51. The van der Waals surface area contributed by atoms with Crippen LogP contribution in [-0.4, -0.2) is 30.4 Å². The summed E-state index contributed by atoms with van der Waals surface area (Å²) in [7, 11) is 1.23. The van der Waals surface area contributed by atoms with E-state index in [1.165, 1.54) is 0 Å². The van der Waals surface area contributed by atoms with Crippen LogP contribution >= 0.6 is 11.3 Å². The van der Waals surface area contributed by atoms with Crippen LogP contribution in [0.5, 0.6) is 5.19 Å². The first-order valence-electron chi connectivity index (χ1n) is 6.20. The summed E-state index contributed by atoms with van der Waals surface area (Å²) in [5.41, 5.74) is 0.192. The molecule has 0 bridgehead atoms. The predicted octanol–water partition coefficient (Wildman–Crippen LogP) is 2.01. The van der Waals surface area contributed by atoms with Crippen LogP contribution in [-0.2, 0) is 15.7 Å². The minimum atomic E-state index is -0.398. The van der Waals surface area contributed by atoms with Gasteiger partial charge in [-0.3, -0.25) is 0 Å². The first-order chi connectivity index (χ1) is 8.30. The molecule has 0 saturated carbocycles. The molecule has 0 aliphatic carbocycles. The average Bonchev–Trinajstić information content (AvgIpc) is 2.78. The van der Waals surface area contributed by atoms with Crippen molar-refractivity contribution in [1.29, 1.82) is 0 Å². The van der Waals surface area contributed by atoms with Crippen molar-refractivity contribution in [2.45, 2.75) is 52.2 Å². The molecule has 1 saturated heterocycles. The maximum Gasteiger partial charge on any atom is 0.515 e. The van der Waals surface area contributed by atoms with Gasteiger partial charge in [-0.05, 0) is 34.1 Å². The van der Waals surface area contributed by atoms with Gasteiger partial charge in [0, 0.05) is 4.88 Å². The van der Waals surface area contributed by atoms with Crippen LogP contribution in [0.15, 0.2) is 0 Å². The second-order valence-electron chi connectivity index (χ2n) is 5.43. The maximum absolute atomic E-state index is 6.02. The summed E-state index contributed by atoms with van der Waals surface area (Å²) >= 11 is 1.55. The number of methoxy groups -OCH3 is 1. The predicted molar refractivity (Wildman–Crippen MR) is 73.8 cm³/mol. The van der Waals surface area contributed by atoms with Crippen LogP contribution in [0.1, 0.15) is 39.5 Å². The lowest BCUT2D eigenvalue weighted by Crippen LogP contribution is -2.41. The zero-order chi connectivity index (χ0) is 13.6. The van der Waals surface area contributed by atoms with Gasteiger partial charge in [-0.25, -0.2) is 4.98 Å². The van der Waals surface area contributed by atoms with Crippen molar-refractivity contribution in [3.63, 3.8) is 0 Å². The fraction of sp³-hybridized carbons (Fsp3) is 0.750. The zero-order valence-corrected chi connectivity index (χ0v) is 12.7. The minimum absolute atomic E-state index is 0.334. The van der Waals surface area contributed by atoms with Gasteiger partial charge >= 0.3 is 7.12 Å². The fourth-order valence-electron chi connectivity index (χ4n) is 1.82. The maximum atomic E-state index is 6.02. The molecule has 0 unspecified atom stereocenters. The van der Waals surface area contributed by atoms with Gasteiger partial charge in [0.25, 0.3) is 5.19 Å². The van der Waals surface area contributed by atoms with Crippen molar-refractivity contribution in [2.24, 2.45) is 0 Å². The zero-order valence-electron chi connectivity index (χ0n) is 11.9. The van der Waals surface area contributed by atoms with Crippen LogP contribution in [0.2, 0.25) is 0 Å². The molecule has 6 heteroatoms. The third kappa shape index (κ3) is 2.17. The lowest BCUT2D eigenvalue weighted by atomic mass is 9.83. The van der Waals surface area contributed by atoms with Gasteiger partial charge in [0.1, 0.15) is 0 Å². The Hall–Kier alpha value is -0.585. The van der Waals surface area contributed by atoms with Crippen LogP contribution in [0, 0.1) is 0 Å². The van der Waals surface area contributed by atoms with Gasteiger partial charge in [0.05, 0.1) is 23.9 Å². The Labute approximate surface area is 113 Å². The van der Waals surface area contributed by atoms with Gasteiger partial charge in [0.2, 0.25) is 0 Å². The van der Waals surface area contributed by atoms with Gasteiger partial charge in [-0.2, -0.15) is 0 Å². The van der Waals surface area contributed by atoms with Gasteiger partial charge in [0.15, 0.2) is 0 Å². The largest absolute Gasteiger partial charge is 0.515 e. The molecule has 4 nitrogen and oxygen atoms in total. The quantitative estimate of drug-likeness (QED) is 0.787. The van der Waals surface area contributed by atoms with Crippen molar-refractivity contribution >= 4 is 24.0 Å². The number of hydrogen-bond donors (Lipinski definition) is 0. The van der Waals surface area contributed by atoms with E-state index < -0.39 is 7.12 Å². The van der Waals surface area contributed by atoms with Gasteiger partial charge < -0.3 is 14.0 Å². The Balaban J connectivity index is 2.31. The van der Waals surface area contributed by atoms with E-state index in [9.17, 15) is 0 Å². The standard InChI is InChI=1S/C12H20BNO3S/c1-7-8-9(14-10(15-6)18-8)13-16-11(2,3)12(4,5)17-13/h7H2,1-6H3. The van der Waals surface area contributed by atoms with E-state index in [0.29, 0.717) is 5.19 Å². The summed E-state index contributed by atoms with van der Waals surface area (Å²) in [6.45, 7) is 10.3. The first kappa shape index (κ1) is 13.8. The molecule has 0 spiro atoms. The third-order valence-corrected chi connectivity index (χ3v) is 4.86. The average molecular weight is 269 g/mol. The lowest BCUT2D eigenvalue weighted by molar-refractivity contribution is 0.00578. The van der Waals surface area contributed by atoms with Gasteiger partial charge in [-0.1, -0.05) is 18.3 Å². The highest BCUT2D eigenvalue weighted by Crippen LogP contribution is 2.37. The summed E-state index contributed by atoms with van der Waals surface area (Å²) in [5.74, 6) is 0. The number of nitrogens with zero attached hydrogens (tertiary/aromatic N) is 1. The third-order valence-electron chi connectivity index (χ3n) is 3.68. The highest BCUT2D eigenvalue weighted by molar-refractivity contribution is 7.14. The monoisotopic (exact) mass is 269 g/mol. The molecular formula is C12H20BNO3S. The second-order valence-corrected chi connectivity index (χ2v) is 6.48. The molecule has 0 aromatic carbocycles. The Kier molecular flexibility index (Phi) is 3.47. The summed E-state index contributed by atoms with van der Waals surface area (Å²) in [6.07, 6.45) is 0.903. The summed E-state index contributed by atoms with van der Waals surface area (Å²) in [5, 5.41) is 0.663. The number of aromatic nitrogens is 1. The normalized spacial score (nSPS) is 21.3. The molecule has 1 fully saturated rings. The van der Waals surface area contributed by atoms with Gasteiger partial charge in [-0.15, -0.1) is 0 Å². The minimum Gasteiger partial charge on any atom is -0.473 e. The molecule has 1 aromatic heterocycles. The summed E-state index contributed by atoms with van der Waals surface area (Å²) < 4.78 is 17.2. The van der Waals surface area contributed by atoms with Crippen molar-refractivity contribution in [2.75, 3.05) is 7.11 Å². The first-order valence-corrected chi connectivity index (χ1v) is 7.01. The smallest absolute Gasteiger partial charge is 0.473 e. The van der Waals surface area contributed by atoms with E-state index >= 15 is 0 Å². The number of hydrogen-bond acceptors (Lipinski definition) is 5. The van der Waals surface area contributed by atoms with Crippen molar-refractivity contribution < 1.29 is 14.0 Å². The van der Waals surface area contributed by atoms with Crippen LogP contribution in [0.25, 0.3) is 0 Å². The number of ether oxygens (including phenoxy) is 1. The van der Waals surface area contributed by atoms with E-state index in [4.69, 9.17) is 14.0 Å². The van der Waals surface area contributed by atoms with Crippen LogP contribution in [0.3, 0.4) is 0 Å². The van der Waals surface area contributed by atoms with E-state index in [2.05, 4.69) is 11.9 Å². The highest BCUT2D eigenvalue weighted by atomic mass is 32.1. The van der Waals surface area contributed by atoms with E-state index in [1.807, 2.05) is 27.7 Å². The SMILES string of the molecule is CCc1sc(OC)nc1B1OC(C)(C)C(C)(C)O1. The molecule has 1 aromatic rings. The molecule has 2 rings (SSSR count). The van der Waals surface area contributed by atoms with E-state index in [1.54, 1.807) is 18.4 Å². The Bertz CT molecular complexity index is 429. The Morgan fingerprint density at radius 1 is 1.22 bits per heavy atom. The molecule has 0 amide bonds. The Morgan fingerprint density at radius 2 is 1.78 bits per heavy atom. The summed E-state index contributed by atoms with van der Waals surface area (Å²) in [4.78, 5) is 5.62.